The van der Waals surface area contributed by atoms with E-state index in [2.05, 4.69) is 25.7 Å². The number of H-pyrrole nitrogens is 1. The van der Waals surface area contributed by atoms with Crippen molar-refractivity contribution in [2.45, 2.75) is 25.2 Å². The Hall–Kier alpha value is -2.61. The van der Waals surface area contributed by atoms with Gasteiger partial charge in [0.15, 0.2) is 5.69 Å². The number of aromatic nitrogens is 4. The molecule has 2 N–H and O–H groups in total. The highest BCUT2D eigenvalue weighted by molar-refractivity contribution is 7.15. The summed E-state index contributed by atoms with van der Waals surface area (Å²) >= 11 is 1.23. The van der Waals surface area contributed by atoms with Gasteiger partial charge in [-0.05, 0) is 30.5 Å². The summed E-state index contributed by atoms with van der Waals surface area (Å²) in [5.41, 5.74) is 1.88. The van der Waals surface area contributed by atoms with Crippen LogP contribution in [0.2, 0.25) is 0 Å². The van der Waals surface area contributed by atoms with Crippen molar-refractivity contribution in [1.29, 1.82) is 0 Å². The second-order valence-corrected chi connectivity index (χ2v) is 6.77. The van der Waals surface area contributed by atoms with E-state index in [1.165, 1.54) is 17.4 Å². The van der Waals surface area contributed by atoms with E-state index >= 15 is 0 Å². The summed E-state index contributed by atoms with van der Waals surface area (Å²) in [6.07, 6.45) is 2.62. The molecule has 8 heteroatoms. The molecular formula is C16H14FN5OS. The van der Waals surface area contributed by atoms with Crippen LogP contribution in [0.5, 0.6) is 0 Å². The van der Waals surface area contributed by atoms with E-state index in [-0.39, 0.29) is 11.7 Å². The molecule has 1 fully saturated rings. The van der Waals surface area contributed by atoms with Gasteiger partial charge in [0.2, 0.25) is 5.13 Å². The first-order chi connectivity index (χ1) is 11.7. The first kappa shape index (κ1) is 14.9. The van der Waals surface area contributed by atoms with Crippen molar-refractivity contribution in [3.8, 4) is 0 Å². The zero-order chi connectivity index (χ0) is 16.5. The monoisotopic (exact) mass is 343 g/mol. The number of aromatic amines is 1. The van der Waals surface area contributed by atoms with Crippen molar-refractivity contribution >= 4 is 22.4 Å². The molecule has 2 aromatic heterocycles. The lowest BCUT2D eigenvalue weighted by Gasteiger charge is -1.98. The minimum atomic E-state index is -0.327. The highest BCUT2D eigenvalue weighted by Gasteiger charge is 2.26. The highest BCUT2D eigenvalue weighted by atomic mass is 32.1. The number of nitrogens with zero attached hydrogens (tertiary/aromatic N) is 3. The average Bonchev–Trinajstić information content (AvgIpc) is 3.14. The summed E-state index contributed by atoms with van der Waals surface area (Å²) in [4.78, 5) is 12.2. The van der Waals surface area contributed by atoms with Gasteiger partial charge in [0.05, 0.1) is 0 Å². The van der Waals surface area contributed by atoms with E-state index in [0.29, 0.717) is 33.7 Å². The highest BCUT2D eigenvalue weighted by Crippen LogP contribution is 2.39. The van der Waals surface area contributed by atoms with Crippen molar-refractivity contribution in [2.24, 2.45) is 0 Å². The molecule has 6 nitrogen and oxygen atoms in total. The van der Waals surface area contributed by atoms with Gasteiger partial charge in [-0.15, -0.1) is 10.2 Å². The second-order valence-electron chi connectivity index (χ2n) is 5.71. The van der Waals surface area contributed by atoms with Crippen LogP contribution in [-0.4, -0.2) is 26.3 Å². The van der Waals surface area contributed by atoms with E-state index in [0.717, 1.165) is 18.5 Å². The second kappa shape index (κ2) is 6.12. The van der Waals surface area contributed by atoms with Crippen LogP contribution >= 0.6 is 11.3 Å². The molecule has 4 rings (SSSR count). The molecule has 1 aromatic carbocycles. The predicted molar refractivity (Wildman–Crippen MR) is 87.6 cm³/mol. The number of nitrogens with one attached hydrogen (secondary N) is 2. The Balaban J connectivity index is 1.42. The topological polar surface area (TPSA) is 83.6 Å². The number of halogens is 1. The SMILES string of the molecule is O=C(Nc1nnc(Cc2ccccc2F)s1)c1cc(C2CC2)[nH]n1. The molecule has 1 saturated carbocycles. The van der Waals surface area contributed by atoms with Crippen molar-refractivity contribution in [1.82, 2.24) is 20.4 Å². The number of benzene rings is 1. The lowest BCUT2D eigenvalue weighted by molar-refractivity contribution is 0.102. The van der Waals surface area contributed by atoms with Crippen LogP contribution in [0.4, 0.5) is 9.52 Å². The molecule has 0 aliphatic heterocycles. The number of rotatable bonds is 5. The number of amides is 1. The number of anilines is 1. The maximum atomic E-state index is 13.7. The minimum absolute atomic E-state index is 0.276. The third kappa shape index (κ3) is 3.18. The Morgan fingerprint density at radius 3 is 2.96 bits per heavy atom. The number of carbonyl (C=O) groups excluding carboxylic acids is 1. The third-order valence-electron chi connectivity index (χ3n) is 3.83. The van der Waals surface area contributed by atoms with Crippen LogP contribution in [0, 0.1) is 5.82 Å². The first-order valence-electron chi connectivity index (χ1n) is 7.61. The molecule has 1 amide bonds. The fraction of sp³-hybridized carbons (Fsp3) is 0.250. The standard InChI is InChI=1S/C16H14FN5OS/c17-11-4-2-1-3-10(11)7-14-21-22-16(24-14)18-15(23)13-8-12(19-20-13)9-5-6-9/h1-4,8-9H,5-7H2,(H,19,20)(H,18,22,23). The van der Waals surface area contributed by atoms with Crippen LogP contribution in [0.3, 0.4) is 0 Å². The Bertz CT molecular complexity index is 886. The molecule has 3 aromatic rings. The van der Waals surface area contributed by atoms with Crippen molar-refractivity contribution in [3.63, 3.8) is 0 Å². The van der Waals surface area contributed by atoms with Gasteiger partial charge < -0.3 is 0 Å². The Morgan fingerprint density at radius 2 is 2.17 bits per heavy atom. The van der Waals surface area contributed by atoms with E-state index < -0.39 is 0 Å². The summed E-state index contributed by atoms with van der Waals surface area (Å²) < 4.78 is 13.7. The Morgan fingerprint density at radius 1 is 1.33 bits per heavy atom. The van der Waals surface area contributed by atoms with Crippen molar-refractivity contribution in [3.05, 3.63) is 58.1 Å². The Kier molecular flexibility index (Phi) is 3.81. The van der Waals surface area contributed by atoms with Gasteiger partial charge in [0.25, 0.3) is 5.91 Å². The van der Waals surface area contributed by atoms with E-state index in [1.807, 2.05) is 0 Å². The van der Waals surface area contributed by atoms with Crippen LogP contribution < -0.4 is 5.32 Å². The zero-order valence-electron chi connectivity index (χ0n) is 12.6. The molecule has 122 valence electrons. The van der Waals surface area contributed by atoms with Crippen LogP contribution in [0.15, 0.2) is 30.3 Å². The summed E-state index contributed by atoms with van der Waals surface area (Å²) in [5.74, 6) is -0.0953. The molecule has 1 aliphatic rings. The van der Waals surface area contributed by atoms with E-state index in [4.69, 9.17) is 0 Å². The van der Waals surface area contributed by atoms with Crippen molar-refractivity contribution in [2.75, 3.05) is 5.32 Å². The van der Waals surface area contributed by atoms with Gasteiger partial charge in [-0.2, -0.15) is 5.10 Å². The number of carbonyl (C=O) groups is 1. The molecule has 0 unspecified atom stereocenters. The molecule has 0 spiro atoms. The normalized spacial score (nSPS) is 13.9. The summed E-state index contributed by atoms with van der Waals surface area (Å²) in [6, 6.07) is 8.31. The van der Waals surface area contributed by atoms with E-state index in [1.54, 1.807) is 24.3 Å². The zero-order valence-corrected chi connectivity index (χ0v) is 13.4. The third-order valence-corrected chi connectivity index (χ3v) is 4.67. The van der Waals surface area contributed by atoms with Crippen LogP contribution in [0.25, 0.3) is 0 Å². The quantitative estimate of drug-likeness (QED) is 0.745. The molecule has 0 atom stereocenters. The molecule has 24 heavy (non-hydrogen) atoms. The fourth-order valence-electron chi connectivity index (χ4n) is 2.40. The smallest absolute Gasteiger partial charge is 0.277 e. The molecule has 0 radical (unpaired) electrons. The molecule has 2 heterocycles. The lowest BCUT2D eigenvalue weighted by atomic mass is 10.1. The average molecular weight is 343 g/mol. The maximum Gasteiger partial charge on any atom is 0.277 e. The van der Waals surface area contributed by atoms with Gasteiger partial charge >= 0.3 is 0 Å². The fourth-order valence-corrected chi connectivity index (χ4v) is 3.16. The first-order valence-corrected chi connectivity index (χ1v) is 8.43. The van der Waals surface area contributed by atoms with Gasteiger partial charge in [-0.3, -0.25) is 15.2 Å². The Labute approximate surface area is 141 Å². The van der Waals surface area contributed by atoms with Gasteiger partial charge in [0, 0.05) is 18.0 Å². The number of hydrogen-bond acceptors (Lipinski definition) is 5. The molecule has 0 saturated heterocycles. The maximum absolute atomic E-state index is 13.7. The van der Waals surface area contributed by atoms with Crippen molar-refractivity contribution < 1.29 is 9.18 Å². The molecule has 0 bridgehead atoms. The summed E-state index contributed by atoms with van der Waals surface area (Å²) in [6.45, 7) is 0. The number of hydrogen-bond donors (Lipinski definition) is 2. The van der Waals surface area contributed by atoms with Crippen LogP contribution in [-0.2, 0) is 6.42 Å². The minimum Gasteiger partial charge on any atom is -0.295 e. The summed E-state index contributed by atoms with van der Waals surface area (Å²) in [7, 11) is 0. The van der Waals surface area contributed by atoms with Gasteiger partial charge in [0.1, 0.15) is 10.8 Å². The molecular weight excluding hydrogens is 329 g/mol. The summed E-state index contributed by atoms with van der Waals surface area (Å²) in [5, 5.41) is 18.6. The predicted octanol–water partition coefficient (Wildman–Crippen LogP) is 3.12. The largest absolute Gasteiger partial charge is 0.295 e. The van der Waals surface area contributed by atoms with Gasteiger partial charge in [-0.25, -0.2) is 4.39 Å². The van der Waals surface area contributed by atoms with E-state index in [9.17, 15) is 9.18 Å². The molecule has 1 aliphatic carbocycles. The lowest BCUT2D eigenvalue weighted by Crippen LogP contribution is -2.12. The van der Waals surface area contributed by atoms with Gasteiger partial charge in [-0.1, -0.05) is 29.5 Å². The van der Waals surface area contributed by atoms with Crippen LogP contribution in [0.1, 0.15) is 45.5 Å².